The number of hydrogen-bond donors (Lipinski definition) is 2. The number of nitrogens with one attached hydrogen (secondary N) is 1. The zero-order valence-electron chi connectivity index (χ0n) is 9.49. The molecule has 0 aromatic carbocycles. The fourth-order valence-electron chi connectivity index (χ4n) is 1.35. The lowest BCUT2D eigenvalue weighted by atomic mass is 10.0. The lowest BCUT2D eigenvalue weighted by molar-refractivity contribution is -0.119. The summed E-state index contributed by atoms with van der Waals surface area (Å²) in [5, 5.41) is 3.89. The molecule has 0 bridgehead atoms. The van der Waals surface area contributed by atoms with E-state index < -0.39 is 0 Å². The van der Waals surface area contributed by atoms with Crippen LogP contribution in [0.3, 0.4) is 0 Å². The number of amides is 1. The Kier molecular flexibility index (Phi) is 4.45. The number of nitrogens with two attached hydrogens (primary N) is 1. The fourth-order valence-corrected chi connectivity index (χ4v) is 2.37. The van der Waals surface area contributed by atoms with Crippen LogP contribution in [0.2, 0.25) is 0 Å². The number of nitrogens with zero attached hydrogens (tertiary/aromatic N) is 1. The third kappa shape index (κ3) is 3.74. The normalized spacial score (nSPS) is 23.5. The van der Waals surface area contributed by atoms with Crippen LogP contribution in [0, 0.1) is 5.92 Å². The number of rotatable bonds is 3. The van der Waals surface area contributed by atoms with Crippen molar-refractivity contribution in [2.45, 2.75) is 39.3 Å². The van der Waals surface area contributed by atoms with Crippen LogP contribution in [0.4, 0.5) is 0 Å². The van der Waals surface area contributed by atoms with Crippen molar-refractivity contribution in [1.82, 2.24) is 5.32 Å². The topological polar surface area (TPSA) is 67.5 Å². The molecule has 0 saturated heterocycles. The number of amidine groups is 1. The number of thioether (sulfide) groups is 1. The van der Waals surface area contributed by atoms with Gasteiger partial charge >= 0.3 is 0 Å². The molecule has 2 atom stereocenters. The van der Waals surface area contributed by atoms with Gasteiger partial charge in [0.25, 0.3) is 0 Å². The first-order valence-corrected chi connectivity index (χ1v) is 6.25. The van der Waals surface area contributed by atoms with Crippen molar-refractivity contribution in [2.24, 2.45) is 16.6 Å². The monoisotopic (exact) mass is 229 g/mol. The molecule has 1 rings (SSSR count). The maximum atomic E-state index is 10.9. The lowest BCUT2D eigenvalue weighted by Crippen LogP contribution is -2.42. The molecule has 86 valence electrons. The minimum absolute atomic E-state index is 0.343. The van der Waals surface area contributed by atoms with E-state index in [0.717, 1.165) is 17.3 Å². The van der Waals surface area contributed by atoms with Gasteiger partial charge in [0.15, 0.2) is 5.17 Å². The standard InChI is InChI=1S/C10H19N3OS/c1-6(2)8-4-5-15-10(13-8)12-7(3)9(11)14/h6-8H,4-5H2,1-3H3,(H2,11,14)(H,12,13). The highest BCUT2D eigenvalue weighted by molar-refractivity contribution is 8.13. The Labute approximate surface area is 95.1 Å². The third-order valence-corrected chi connectivity index (χ3v) is 3.41. The van der Waals surface area contributed by atoms with Crippen LogP contribution in [0.25, 0.3) is 0 Å². The summed E-state index contributed by atoms with van der Waals surface area (Å²) in [5.74, 6) is 1.26. The number of hydrogen-bond acceptors (Lipinski definition) is 4. The molecule has 1 aliphatic heterocycles. The number of primary amides is 1. The summed E-state index contributed by atoms with van der Waals surface area (Å²) < 4.78 is 0. The molecule has 1 amide bonds. The Bertz CT molecular complexity index is 265. The number of carbonyl (C=O) groups excluding carboxylic acids is 1. The van der Waals surface area contributed by atoms with Crippen molar-refractivity contribution >= 4 is 22.8 Å². The molecule has 0 spiro atoms. The van der Waals surface area contributed by atoms with E-state index in [0.29, 0.717) is 12.0 Å². The highest BCUT2D eigenvalue weighted by Crippen LogP contribution is 2.21. The molecule has 0 aromatic rings. The van der Waals surface area contributed by atoms with E-state index in [1.807, 2.05) is 0 Å². The molecule has 15 heavy (non-hydrogen) atoms. The molecule has 0 fully saturated rings. The molecule has 0 aliphatic carbocycles. The summed E-state index contributed by atoms with van der Waals surface area (Å²) in [6.45, 7) is 6.09. The molecular weight excluding hydrogens is 210 g/mol. The second-order valence-corrected chi connectivity index (χ2v) is 5.23. The average Bonchev–Trinajstić information content (AvgIpc) is 2.18. The molecule has 0 saturated carbocycles. The third-order valence-electron chi connectivity index (χ3n) is 2.47. The largest absolute Gasteiger partial charge is 0.368 e. The van der Waals surface area contributed by atoms with Gasteiger partial charge in [0.1, 0.15) is 6.04 Å². The molecule has 1 aliphatic rings. The Morgan fingerprint density at radius 2 is 2.27 bits per heavy atom. The van der Waals surface area contributed by atoms with Crippen molar-refractivity contribution in [2.75, 3.05) is 5.75 Å². The van der Waals surface area contributed by atoms with E-state index in [9.17, 15) is 4.79 Å². The SMILES string of the molecule is CC(NC1=NC(C(C)C)CCS1)C(N)=O. The highest BCUT2D eigenvalue weighted by Gasteiger charge is 2.20. The van der Waals surface area contributed by atoms with Gasteiger partial charge in [-0.05, 0) is 19.3 Å². The molecule has 3 N–H and O–H groups in total. The Hall–Kier alpha value is -0.710. The summed E-state index contributed by atoms with van der Waals surface area (Å²) in [6, 6.07) is 0.0241. The first-order valence-electron chi connectivity index (χ1n) is 5.27. The molecule has 2 unspecified atom stereocenters. The van der Waals surface area contributed by atoms with E-state index >= 15 is 0 Å². The summed E-state index contributed by atoms with van der Waals surface area (Å²) in [4.78, 5) is 15.4. The van der Waals surface area contributed by atoms with Crippen LogP contribution in [0.5, 0.6) is 0 Å². The minimum atomic E-state index is -0.345. The van der Waals surface area contributed by atoms with E-state index in [2.05, 4.69) is 24.2 Å². The van der Waals surface area contributed by atoms with Crippen LogP contribution in [-0.2, 0) is 4.79 Å². The van der Waals surface area contributed by atoms with Gasteiger partial charge in [0.05, 0.1) is 6.04 Å². The zero-order chi connectivity index (χ0) is 11.4. The number of aliphatic imine (C=N–C) groups is 1. The summed E-state index contributed by atoms with van der Waals surface area (Å²) >= 11 is 1.66. The van der Waals surface area contributed by atoms with Crippen LogP contribution in [0.1, 0.15) is 27.2 Å². The van der Waals surface area contributed by atoms with Gasteiger partial charge in [-0.3, -0.25) is 9.79 Å². The van der Waals surface area contributed by atoms with E-state index in [1.165, 1.54) is 0 Å². The van der Waals surface area contributed by atoms with Gasteiger partial charge in [-0.25, -0.2) is 0 Å². The summed E-state index contributed by atoms with van der Waals surface area (Å²) in [5.41, 5.74) is 5.18. The van der Waals surface area contributed by atoms with E-state index in [4.69, 9.17) is 5.73 Å². The van der Waals surface area contributed by atoms with Crippen molar-refractivity contribution in [1.29, 1.82) is 0 Å². The maximum absolute atomic E-state index is 10.9. The predicted molar refractivity (Wildman–Crippen MR) is 64.9 cm³/mol. The lowest BCUT2D eigenvalue weighted by Gasteiger charge is -2.24. The zero-order valence-corrected chi connectivity index (χ0v) is 10.3. The van der Waals surface area contributed by atoms with Gasteiger partial charge in [-0.2, -0.15) is 0 Å². The van der Waals surface area contributed by atoms with Crippen LogP contribution >= 0.6 is 11.8 Å². The first-order chi connectivity index (χ1) is 7.00. The van der Waals surface area contributed by atoms with Gasteiger partial charge in [0.2, 0.25) is 5.91 Å². The fraction of sp³-hybridized carbons (Fsp3) is 0.800. The van der Waals surface area contributed by atoms with Gasteiger partial charge in [-0.1, -0.05) is 25.6 Å². The van der Waals surface area contributed by atoms with Crippen LogP contribution < -0.4 is 11.1 Å². The summed E-state index contributed by atoms with van der Waals surface area (Å²) in [7, 11) is 0. The minimum Gasteiger partial charge on any atom is -0.368 e. The maximum Gasteiger partial charge on any atom is 0.239 e. The molecular formula is C10H19N3OS. The quantitative estimate of drug-likeness (QED) is 0.757. The Balaban J connectivity index is 2.57. The second kappa shape index (κ2) is 5.39. The van der Waals surface area contributed by atoms with Gasteiger partial charge < -0.3 is 11.1 Å². The predicted octanol–water partition coefficient (Wildman–Crippen LogP) is 0.967. The van der Waals surface area contributed by atoms with Crippen molar-refractivity contribution in [3.8, 4) is 0 Å². The van der Waals surface area contributed by atoms with Crippen LogP contribution in [-0.4, -0.2) is 28.9 Å². The average molecular weight is 229 g/mol. The highest BCUT2D eigenvalue weighted by atomic mass is 32.2. The smallest absolute Gasteiger partial charge is 0.239 e. The van der Waals surface area contributed by atoms with E-state index in [-0.39, 0.29) is 11.9 Å². The Morgan fingerprint density at radius 3 is 2.80 bits per heavy atom. The van der Waals surface area contributed by atoms with Gasteiger partial charge in [-0.15, -0.1) is 0 Å². The van der Waals surface area contributed by atoms with Crippen molar-refractivity contribution in [3.05, 3.63) is 0 Å². The van der Waals surface area contributed by atoms with Crippen LogP contribution in [0.15, 0.2) is 4.99 Å². The summed E-state index contributed by atoms with van der Waals surface area (Å²) in [6.07, 6.45) is 1.11. The van der Waals surface area contributed by atoms with Crippen molar-refractivity contribution < 1.29 is 4.79 Å². The molecule has 1 heterocycles. The first kappa shape index (κ1) is 12.4. The Morgan fingerprint density at radius 1 is 1.60 bits per heavy atom. The van der Waals surface area contributed by atoms with Crippen molar-refractivity contribution in [3.63, 3.8) is 0 Å². The molecule has 5 heteroatoms. The molecule has 4 nitrogen and oxygen atoms in total. The second-order valence-electron chi connectivity index (χ2n) is 4.15. The molecule has 0 radical (unpaired) electrons. The van der Waals surface area contributed by atoms with Gasteiger partial charge in [0, 0.05) is 5.75 Å². The van der Waals surface area contributed by atoms with E-state index in [1.54, 1.807) is 18.7 Å². The number of carbonyl (C=O) groups is 1. The molecule has 0 aromatic heterocycles.